The van der Waals surface area contributed by atoms with Gasteiger partial charge in [0.15, 0.2) is 0 Å². The minimum Gasteiger partial charge on any atom is -0.726 e. The Hall–Kier alpha value is 4.35. The first-order valence-electron chi connectivity index (χ1n) is 8.28. The summed E-state index contributed by atoms with van der Waals surface area (Å²) in [5.41, 5.74) is 0. The first-order chi connectivity index (χ1) is 14.0. The normalized spacial score (nSPS) is 44.2. The number of hydrogen-bond donors (Lipinski definition) is 0. The van der Waals surface area contributed by atoms with E-state index in [1.807, 2.05) is 0 Å². The fourth-order valence-electron chi connectivity index (χ4n) is 2.25. The van der Waals surface area contributed by atoms with Crippen molar-refractivity contribution in [1.82, 2.24) is 0 Å². The zero-order chi connectivity index (χ0) is 24.8. The third-order valence-electron chi connectivity index (χ3n) is 3.91. The summed E-state index contributed by atoms with van der Waals surface area (Å²) in [6.07, 6.45) is 0. The molecule has 0 spiro atoms. The summed E-state index contributed by atoms with van der Waals surface area (Å²) < 4.78 is 32.0. The summed E-state index contributed by atoms with van der Waals surface area (Å²) in [5.74, 6) is 0. The molecule has 18 heteroatoms. The summed E-state index contributed by atoms with van der Waals surface area (Å²) in [7, 11) is -4.42. The Balaban J connectivity index is 0. The second-order valence-corrected chi connectivity index (χ2v) is 13.2. The van der Waals surface area contributed by atoms with Gasteiger partial charge < -0.3 is 4.55 Å². The molecule has 0 aromatic heterocycles. The van der Waals surface area contributed by atoms with Crippen molar-refractivity contribution in [3.8, 4) is 0 Å². The van der Waals surface area contributed by atoms with Crippen molar-refractivity contribution < 1.29 is 46.7 Å². The van der Waals surface area contributed by atoms with E-state index in [1.165, 1.54) is 6.92 Å². The maximum Gasteiger partial charge on any atom is 1.00 e. The van der Waals surface area contributed by atoms with E-state index in [2.05, 4.69) is 4.18 Å². The van der Waals surface area contributed by atoms with Gasteiger partial charge in [0, 0.05) is 0 Å². The van der Waals surface area contributed by atoms with Crippen LogP contribution in [0.25, 0.3) is 0 Å². The fraction of sp³-hybridized carbons (Fsp3) is 1.00. The first kappa shape index (κ1) is 38.5. The monoisotopic (exact) mass is 724 g/mol. The molecular weight excluding hydrogens is 713 g/mol. The molecule has 0 aromatic carbocycles. The number of halogens is 12. The molecule has 0 amide bonds. The Morgan fingerprint density at radius 2 is 0.656 bits per heavy atom. The minimum atomic E-state index is -4.42. The molecule has 0 atom stereocenters. The van der Waals surface area contributed by atoms with Gasteiger partial charge in [0.2, 0.25) is 10.4 Å². The van der Waals surface area contributed by atoms with Gasteiger partial charge in [-0.3, -0.25) is 4.18 Å². The molecular formula is C14H17Cl12NaO4S. The van der Waals surface area contributed by atoms with Crippen molar-refractivity contribution in [2.24, 2.45) is 0 Å². The number of alkyl halides is 12. The van der Waals surface area contributed by atoms with Crippen molar-refractivity contribution in [1.29, 1.82) is 0 Å². The van der Waals surface area contributed by atoms with Crippen LogP contribution in [0.1, 0.15) is 6.92 Å². The molecule has 0 saturated heterocycles. The molecule has 0 aromatic rings. The Kier molecular flexibility index (Phi) is 21.5. The maximum absolute atomic E-state index is 9.45. The average Bonchev–Trinajstić information content (AvgIpc) is 2.70. The fourth-order valence-corrected chi connectivity index (χ4v) is 7.20. The summed E-state index contributed by atoms with van der Waals surface area (Å²) in [6, 6.07) is 0. The molecule has 0 bridgehead atoms. The Morgan fingerprint density at radius 3 is 0.688 bits per heavy atom. The molecule has 2 saturated carbocycles. The van der Waals surface area contributed by atoms with Crippen LogP contribution in [-0.2, 0) is 14.6 Å². The maximum atomic E-state index is 9.45. The molecule has 4 nitrogen and oxygen atoms in total. The van der Waals surface area contributed by atoms with E-state index in [4.69, 9.17) is 139 Å². The quantitative estimate of drug-likeness (QED) is 0.188. The van der Waals surface area contributed by atoms with Gasteiger partial charge in [-0.25, -0.2) is 8.42 Å². The molecule has 0 N–H and O–H groups in total. The zero-order valence-electron chi connectivity index (χ0n) is 16.2. The first-order valence-corrected chi connectivity index (χ1v) is 14.9. The van der Waals surface area contributed by atoms with Gasteiger partial charge in [-0.05, 0) is 6.92 Å². The van der Waals surface area contributed by atoms with Gasteiger partial charge in [-0.15, -0.1) is 139 Å². The largest absolute Gasteiger partial charge is 1.00 e. The zero-order valence-corrected chi connectivity index (χ0v) is 28.1. The van der Waals surface area contributed by atoms with Crippen molar-refractivity contribution in [3.63, 3.8) is 0 Å². The van der Waals surface area contributed by atoms with E-state index < -0.39 is 74.9 Å². The van der Waals surface area contributed by atoms with Crippen LogP contribution in [0, 0.1) is 0 Å². The summed E-state index contributed by atoms with van der Waals surface area (Å²) in [4.78, 5) is 0. The molecule has 0 unspecified atom stereocenters. The molecule has 2 aliphatic rings. The van der Waals surface area contributed by atoms with Gasteiger partial charge >= 0.3 is 29.6 Å². The van der Waals surface area contributed by atoms with E-state index in [1.54, 1.807) is 0 Å². The predicted octanol–water partition coefficient (Wildman–Crippen LogP) is 3.78. The van der Waals surface area contributed by atoms with E-state index in [0.717, 1.165) is 0 Å². The van der Waals surface area contributed by atoms with Gasteiger partial charge in [0.05, 0.1) is 71.1 Å². The standard InChI is InChI=1S/2C6H6Cl6.C2H6O4S.Na/c2*7-1-2(8)4(10)6(12)5(11)3(1)9;1-2-6-7(3,4)5;/h2*1-6H;2H2,1H3,(H,3,4,5);/q;;;+1/p-1. The Morgan fingerprint density at radius 1 is 0.531 bits per heavy atom. The molecule has 32 heavy (non-hydrogen) atoms. The smallest absolute Gasteiger partial charge is 0.726 e. The van der Waals surface area contributed by atoms with Crippen LogP contribution in [0.15, 0.2) is 0 Å². The summed E-state index contributed by atoms with van der Waals surface area (Å²) in [5, 5.41) is -5.24. The molecule has 2 fully saturated rings. The van der Waals surface area contributed by atoms with E-state index in [-0.39, 0.29) is 36.2 Å². The molecule has 0 heterocycles. The van der Waals surface area contributed by atoms with E-state index >= 15 is 0 Å². The molecule has 2 aliphatic carbocycles. The van der Waals surface area contributed by atoms with Crippen molar-refractivity contribution >= 4 is 150 Å². The van der Waals surface area contributed by atoms with Crippen molar-refractivity contribution in [2.45, 2.75) is 71.4 Å². The van der Waals surface area contributed by atoms with Gasteiger partial charge in [-0.2, -0.15) is 0 Å². The van der Waals surface area contributed by atoms with Crippen molar-refractivity contribution in [3.05, 3.63) is 0 Å². The second kappa shape index (κ2) is 17.8. The van der Waals surface area contributed by atoms with Crippen LogP contribution >= 0.6 is 139 Å². The van der Waals surface area contributed by atoms with Crippen LogP contribution in [0.5, 0.6) is 0 Å². The van der Waals surface area contributed by atoms with Crippen LogP contribution in [0.2, 0.25) is 0 Å². The van der Waals surface area contributed by atoms with Crippen LogP contribution in [0.3, 0.4) is 0 Å². The average molecular weight is 730 g/mol. The van der Waals surface area contributed by atoms with Crippen LogP contribution in [0.4, 0.5) is 0 Å². The van der Waals surface area contributed by atoms with Crippen molar-refractivity contribution in [2.75, 3.05) is 6.61 Å². The molecule has 2 rings (SSSR count). The molecule has 0 radical (unpaired) electrons. The predicted molar refractivity (Wildman–Crippen MR) is 137 cm³/mol. The van der Waals surface area contributed by atoms with Gasteiger partial charge in [-0.1, -0.05) is 0 Å². The summed E-state index contributed by atoms with van der Waals surface area (Å²) >= 11 is 70.6. The van der Waals surface area contributed by atoms with E-state index in [0.29, 0.717) is 0 Å². The third-order valence-corrected chi connectivity index (χ3v) is 12.5. The number of rotatable bonds is 2. The molecule has 0 aliphatic heterocycles. The topological polar surface area (TPSA) is 66.4 Å². The van der Waals surface area contributed by atoms with Crippen LogP contribution in [-0.4, -0.2) is 84.1 Å². The van der Waals surface area contributed by atoms with Gasteiger partial charge in [0.1, 0.15) is 0 Å². The Labute approximate surface area is 270 Å². The Bertz CT molecular complexity index is 484. The van der Waals surface area contributed by atoms with Crippen LogP contribution < -0.4 is 29.6 Å². The third kappa shape index (κ3) is 12.0. The SMILES string of the molecule is CCOS(=O)(=O)[O-].ClC1C(Cl)C(Cl)C(Cl)C(Cl)C1Cl.ClC1C(Cl)C(Cl)C(Cl)C(Cl)C1Cl.[Na+]. The number of hydrogen-bond acceptors (Lipinski definition) is 4. The minimum absolute atomic E-state index is 0. The summed E-state index contributed by atoms with van der Waals surface area (Å²) in [6.45, 7) is 1.33. The molecule has 188 valence electrons. The van der Waals surface area contributed by atoms with E-state index in [9.17, 15) is 13.0 Å². The second-order valence-electron chi connectivity index (χ2n) is 6.15. The van der Waals surface area contributed by atoms with Gasteiger partial charge in [0.25, 0.3) is 0 Å².